The van der Waals surface area contributed by atoms with Gasteiger partial charge in [0.1, 0.15) is 12.7 Å². The molecule has 7 nitrogen and oxygen atoms in total. The predicted octanol–water partition coefficient (Wildman–Crippen LogP) is 1.97. The molecule has 0 aliphatic rings. The topological polar surface area (TPSA) is 77.6 Å². The summed E-state index contributed by atoms with van der Waals surface area (Å²) in [7, 11) is 0. The first-order valence-electron chi connectivity index (χ1n) is 7.40. The van der Waals surface area contributed by atoms with Crippen molar-refractivity contribution >= 4 is 5.91 Å². The van der Waals surface area contributed by atoms with Crippen molar-refractivity contribution in [1.29, 1.82) is 0 Å². The van der Waals surface area contributed by atoms with E-state index in [9.17, 15) is 4.79 Å². The van der Waals surface area contributed by atoms with Crippen LogP contribution in [0.1, 0.15) is 35.8 Å². The number of hydrogen-bond acceptors (Lipinski definition) is 4. The molecule has 0 saturated heterocycles. The van der Waals surface area contributed by atoms with Crippen molar-refractivity contribution < 1.29 is 4.79 Å². The number of para-hydroxylation sites is 1. The smallest absolute Gasteiger partial charge is 0.254 e. The van der Waals surface area contributed by atoms with E-state index in [1.165, 1.54) is 6.33 Å². The van der Waals surface area contributed by atoms with E-state index in [0.717, 1.165) is 11.3 Å². The van der Waals surface area contributed by atoms with Crippen LogP contribution >= 0.6 is 0 Å². The number of carbonyl (C=O) groups excluding carboxylic acids is 1. The molecule has 0 unspecified atom stereocenters. The molecule has 0 saturated carbocycles. The number of rotatable bonds is 5. The van der Waals surface area contributed by atoms with Gasteiger partial charge in [0.25, 0.3) is 5.91 Å². The third-order valence-electron chi connectivity index (χ3n) is 3.49. The highest BCUT2D eigenvalue weighted by Crippen LogP contribution is 2.13. The summed E-state index contributed by atoms with van der Waals surface area (Å²) in [5.74, 6) is -0.148. The maximum Gasteiger partial charge on any atom is 0.254 e. The van der Waals surface area contributed by atoms with Gasteiger partial charge in [-0.1, -0.05) is 18.2 Å². The number of carbonyl (C=O) groups is 1. The Kier molecular flexibility index (Phi) is 4.18. The summed E-state index contributed by atoms with van der Waals surface area (Å²) >= 11 is 0. The zero-order chi connectivity index (χ0) is 16.2. The van der Waals surface area contributed by atoms with Crippen molar-refractivity contribution in [2.75, 3.05) is 0 Å². The molecule has 3 aromatic rings. The summed E-state index contributed by atoms with van der Waals surface area (Å²) in [6.45, 7) is 4.44. The number of hydrogen-bond donors (Lipinski definition) is 1. The molecule has 2 heterocycles. The Labute approximate surface area is 134 Å². The van der Waals surface area contributed by atoms with Gasteiger partial charge in [-0.05, 0) is 25.5 Å². The van der Waals surface area contributed by atoms with Gasteiger partial charge in [-0.15, -0.1) is 0 Å². The Balaban J connectivity index is 1.72. The molecule has 3 rings (SSSR count). The maximum absolute atomic E-state index is 12.3. The van der Waals surface area contributed by atoms with Crippen LogP contribution in [0.3, 0.4) is 0 Å². The van der Waals surface area contributed by atoms with Gasteiger partial charge < -0.3 is 5.32 Å². The molecular formula is C16H18N6O. The van der Waals surface area contributed by atoms with E-state index in [4.69, 9.17) is 0 Å². The molecule has 1 N–H and O–H groups in total. The second kappa shape index (κ2) is 6.43. The zero-order valence-electron chi connectivity index (χ0n) is 13.0. The third-order valence-corrected chi connectivity index (χ3v) is 3.49. The summed E-state index contributed by atoms with van der Waals surface area (Å²) in [6, 6.07) is 7.97. The van der Waals surface area contributed by atoms with Crippen molar-refractivity contribution in [3.05, 3.63) is 60.4 Å². The Hall–Kier alpha value is -2.96. The fourth-order valence-electron chi connectivity index (χ4n) is 2.23. The van der Waals surface area contributed by atoms with E-state index in [1.807, 2.05) is 38.1 Å². The van der Waals surface area contributed by atoms with Crippen LogP contribution in [0.15, 0.2) is 49.3 Å². The van der Waals surface area contributed by atoms with Crippen LogP contribution in [-0.2, 0) is 6.54 Å². The lowest BCUT2D eigenvalue weighted by Crippen LogP contribution is -2.23. The third kappa shape index (κ3) is 3.28. The van der Waals surface area contributed by atoms with E-state index in [0.29, 0.717) is 12.1 Å². The molecule has 0 fully saturated rings. The Morgan fingerprint density at radius 2 is 2.09 bits per heavy atom. The molecule has 0 aliphatic heterocycles. The number of nitrogens with one attached hydrogen (secondary N) is 1. The van der Waals surface area contributed by atoms with E-state index in [2.05, 4.69) is 20.5 Å². The maximum atomic E-state index is 12.3. The fraction of sp³-hybridized carbons (Fsp3) is 0.250. The van der Waals surface area contributed by atoms with Gasteiger partial charge in [-0.2, -0.15) is 10.2 Å². The summed E-state index contributed by atoms with van der Waals surface area (Å²) in [5, 5.41) is 11.2. The molecule has 0 atom stereocenters. The monoisotopic (exact) mass is 310 g/mol. The van der Waals surface area contributed by atoms with Crippen LogP contribution in [-0.4, -0.2) is 30.5 Å². The lowest BCUT2D eigenvalue weighted by Gasteiger charge is -2.09. The minimum absolute atomic E-state index is 0.148. The lowest BCUT2D eigenvalue weighted by atomic mass is 10.1. The van der Waals surface area contributed by atoms with Gasteiger partial charge >= 0.3 is 0 Å². The molecule has 23 heavy (non-hydrogen) atoms. The van der Waals surface area contributed by atoms with Gasteiger partial charge in [0, 0.05) is 18.8 Å². The molecule has 1 amide bonds. The highest BCUT2D eigenvalue weighted by Gasteiger charge is 2.11. The zero-order valence-corrected chi connectivity index (χ0v) is 13.0. The molecule has 7 heteroatoms. The van der Waals surface area contributed by atoms with Crippen molar-refractivity contribution in [1.82, 2.24) is 29.9 Å². The van der Waals surface area contributed by atoms with Crippen molar-refractivity contribution in [2.45, 2.75) is 26.4 Å². The van der Waals surface area contributed by atoms with E-state index >= 15 is 0 Å². The van der Waals surface area contributed by atoms with Crippen molar-refractivity contribution in [3.63, 3.8) is 0 Å². The fourth-order valence-corrected chi connectivity index (χ4v) is 2.23. The van der Waals surface area contributed by atoms with Gasteiger partial charge in [-0.25, -0.2) is 9.67 Å². The summed E-state index contributed by atoms with van der Waals surface area (Å²) in [6.07, 6.45) is 6.45. The van der Waals surface area contributed by atoms with Gasteiger partial charge in [-0.3, -0.25) is 9.48 Å². The largest absolute Gasteiger partial charge is 0.348 e. The van der Waals surface area contributed by atoms with Crippen LogP contribution in [0.5, 0.6) is 0 Å². The van der Waals surface area contributed by atoms with Crippen LogP contribution in [0, 0.1) is 0 Å². The second-order valence-electron chi connectivity index (χ2n) is 5.45. The molecule has 0 spiro atoms. The van der Waals surface area contributed by atoms with Crippen LogP contribution < -0.4 is 5.32 Å². The minimum Gasteiger partial charge on any atom is -0.348 e. The summed E-state index contributed by atoms with van der Waals surface area (Å²) < 4.78 is 3.44. The van der Waals surface area contributed by atoms with Gasteiger partial charge in [0.2, 0.25) is 0 Å². The van der Waals surface area contributed by atoms with Crippen LogP contribution in [0.4, 0.5) is 0 Å². The molecular weight excluding hydrogens is 292 g/mol. The quantitative estimate of drug-likeness (QED) is 0.781. The highest BCUT2D eigenvalue weighted by molar-refractivity contribution is 5.93. The van der Waals surface area contributed by atoms with Gasteiger partial charge in [0.15, 0.2) is 0 Å². The van der Waals surface area contributed by atoms with Crippen molar-refractivity contribution in [3.8, 4) is 5.69 Å². The highest BCUT2D eigenvalue weighted by atomic mass is 16.1. The van der Waals surface area contributed by atoms with Crippen LogP contribution in [0.2, 0.25) is 0 Å². The first-order valence-corrected chi connectivity index (χ1v) is 7.40. The first kappa shape index (κ1) is 15.0. The summed E-state index contributed by atoms with van der Waals surface area (Å²) in [5.41, 5.74) is 2.41. The molecule has 0 aliphatic carbocycles. The van der Waals surface area contributed by atoms with Crippen molar-refractivity contribution in [2.24, 2.45) is 0 Å². The van der Waals surface area contributed by atoms with E-state index in [-0.39, 0.29) is 11.9 Å². The Bertz CT molecular complexity index is 791. The first-order chi connectivity index (χ1) is 11.1. The average Bonchev–Trinajstić information content (AvgIpc) is 3.24. The average molecular weight is 310 g/mol. The number of nitrogens with zero attached hydrogens (tertiary/aromatic N) is 5. The van der Waals surface area contributed by atoms with E-state index < -0.39 is 0 Å². The number of aromatic nitrogens is 5. The molecule has 2 aromatic heterocycles. The number of benzene rings is 1. The molecule has 0 radical (unpaired) electrons. The SMILES string of the molecule is CC(C)n1cc(C(=O)NCc2ccccc2-n2cncn2)cn1. The Morgan fingerprint density at radius 1 is 1.26 bits per heavy atom. The Morgan fingerprint density at radius 3 is 2.78 bits per heavy atom. The summed E-state index contributed by atoms with van der Waals surface area (Å²) in [4.78, 5) is 16.2. The second-order valence-corrected chi connectivity index (χ2v) is 5.45. The molecule has 0 bridgehead atoms. The standard InChI is InChI=1S/C16H18N6O/c1-12(2)21-9-14(8-19-21)16(23)18-7-13-5-3-4-6-15(13)22-11-17-10-20-22/h3-6,8-12H,7H2,1-2H3,(H,18,23). The molecule has 1 aromatic carbocycles. The number of amides is 1. The van der Waals surface area contributed by atoms with Crippen LogP contribution in [0.25, 0.3) is 5.69 Å². The minimum atomic E-state index is -0.148. The normalized spacial score (nSPS) is 10.9. The predicted molar refractivity (Wildman–Crippen MR) is 85.1 cm³/mol. The van der Waals surface area contributed by atoms with Gasteiger partial charge in [0.05, 0.1) is 17.4 Å². The van der Waals surface area contributed by atoms with E-state index in [1.54, 1.807) is 28.1 Å². The lowest BCUT2D eigenvalue weighted by molar-refractivity contribution is 0.0951. The molecule has 118 valence electrons.